The van der Waals surface area contributed by atoms with Crippen LogP contribution in [0.1, 0.15) is 17.5 Å². The summed E-state index contributed by atoms with van der Waals surface area (Å²) in [7, 11) is 0. The van der Waals surface area contributed by atoms with E-state index in [4.69, 9.17) is 10.4 Å². The van der Waals surface area contributed by atoms with Crippen LogP contribution in [-0.4, -0.2) is 17.6 Å². The van der Waals surface area contributed by atoms with Gasteiger partial charge in [0.15, 0.2) is 0 Å². The second kappa shape index (κ2) is 5.78. The molecule has 0 saturated carbocycles. The van der Waals surface area contributed by atoms with Crippen LogP contribution in [0.2, 0.25) is 0 Å². The molecule has 1 aromatic rings. The second-order valence-electron chi connectivity index (χ2n) is 3.13. The molecule has 78 valence electrons. The monoisotopic (exact) mass is 204 g/mol. The number of carboxylic acid groups (broad SMARTS) is 1. The summed E-state index contributed by atoms with van der Waals surface area (Å²) < 4.78 is 0. The number of carboxylic acids is 1. The van der Waals surface area contributed by atoms with Crippen LogP contribution < -0.4 is 5.32 Å². The van der Waals surface area contributed by atoms with E-state index < -0.39 is 5.97 Å². The Bertz CT molecular complexity index is 382. The molecule has 1 aromatic carbocycles. The molecule has 4 nitrogen and oxygen atoms in total. The van der Waals surface area contributed by atoms with Crippen LogP contribution in [0.3, 0.4) is 0 Å². The van der Waals surface area contributed by atoms with E-state index in [-0.39, 0.29) is 6.42 Å². The Morgan fingerprint density at radius 1 is 1.53 bits per heavy atom. The van der Waals surface area contributed by atoms with Crippen LogP contribution in [0.15, 0.2) is 24.3 Å². The Morgan fingerprint density at radius 3 is 3.00 bits per heavy atom. The third-order valence-electron chi connectivity index (χ3n) is 1.90. The summed E-state index contributed by atoms with van der Waals surface area (Å²) in [4.78, 5) is 10.2. The standard InChI is InChI=1S/C11H12N2O2/c12-7-9-2-1-3-10(6-9)8-13-5-4-11(14)15/h1-3,6,13H,4-5,8H2,(H,14,15). The fourth-order valence-electron chi connectivity index (χ4n) is 1.18. The SMILES string of the molecule is N#Cc1cccc(CNCCC(=O)O)c1. The molecule has 0 spiro atoms. The van der Waals surface area contributed by atoms with Crippen molar-refractivity contribution in [1.29, 1.82) is 5.26 Å². The normalized spacial score (nSPS) is 9.53. The van der Waals surface area contributed by atoms with E-state index in [0.29, 0.717) is 18.7 Å². The minimum absolute atomic E-state index is 0.109. The highest BCUT2D eigenvalue weighted by Gasteiger charge is 1.97. The van der Waals surface area contributed by atoms with Crippen molar-refractivity contribution in [2.75, 3.05) is 6.54 Å². The van der Waals surface area contributed by atoms with Gasteiger partial charge in [-0.1, -0.05) is 12.1 Å². The first-order valence-electron chi connectivity index (χ1n) is 4.64. The van der Waals surface area contributed by atoms with E-state index in [1.165, 1.54) is 0 Å². The fourth-order valence-corrected chi connectivity index (χ4v) is 1.18. The molecule has 0 heterocycles. The summed E-state index contributed by atoms with van der Waals surface area (Å²) in [5.74, 6) is -0.812. The predicted octanol–water partition coefficient (Wildman–Crippen LogP) is 1.12. The molecule has 0 atom stereocenters. The molecule has 0 amide bonds. The van der Waals surface area contributed by atoms with Crippen LogP contribution >= 0.6 is 0 Å². The zero-order valence-electron chi connectivity index (χ0n) is 8.23. The number of aliphatic carboxylic acids is 1. The molecule has 0 aliphatic heterocycles. The van der Waals surface area contributed by atoms with Gasteiger partial charge in [-0.05, 0) is 17.7 Å². The van der Waals surface area contributed by atoms with Crippen LogP contribution in [0.25, 0.3) is 0 Å². The van der Waals surface area contributed by atoms with E-state index in [9.17, 15) is 4.79 Å². The quantitative estimate of drug-likeness (QED) is 0.705. The summed E-state index contributed by atoms with van der Waals surface area (Å²) in [6.45, 7) is 1.02. The van der Waals surface area contributed by atoms with Crippen LogP contribution in [0.5, 0.6) is 0 Å². The first-order chi connectivity index (χ1) is 7.22. The van der Waals surface area contributed by atoms with Gasteiger partial charge in [0.1, 0.15) is 0 Å². The van der Waals surface area contributed by atoms with E-state index in [0.717, 1.165) is 5.56 Å². The number of nitriles is 1. The number of benzene rings is 1. The van der Waals surface area contributed by atoms with Crippen molar-refractivity contribution in [2.24, 2.45) is 0 Å². The topological polar surface area (TPSA) is 73.1 Å². The predicted molar refractivity (Wildman–Crippen MR) is 55.1 cm³/mol. The Hall–Kier alpha value is -1.86. The minimum Gasteiger partial charge on any atom is -0.481 e. The van der Waals surface area contributed by atoms with Gasteiger partial charge in [0, 0.05) is 13.1 Å². The van der Waals surface area contributed by atoms with Gasteiger partial charge in [0.25, 0.3) is 0 Å². The second-order valence-corrected chi connectivity index (χ2v) is 3.13. The lowest BCUT2D eigenvalue weighted by Crippen LogP contribution is -2.17. The number of hydrogen-bond donors (Lipinski definition) is 2. The zero-order chi connectivity index (χ0) is 11.1. The smallest absolute Gasteiger partial charge is 0.304 e. The molecule has 2 N–H and O–H groups in total. The Kier molecular flexibility index (Phi) is 4.32. The van der Waals surface area contributed by atoms with Crippen molar-refractivity contribution >= 4 is 5.97 Å². The summed E-state index contributed by atoms with van der Waals surface area (Å²) in [6, 6.07) is 9.29. The summed E-state index contributed by atoms with van der Waals surface area (Å²) in [5, 5.41) is 20.1. The third-order valence-corrected chi connectivity index (χ3v) is 1.90. The van der Waals surface area contributed by atoms with E-state index in [1.54, 1.807) is 12.1 Å². The molecule has 0 saturated heterocycles. The highest BCUT2D eigenvalue weighted by Crippen LogP contribution is 2.03. The lowest BCUT2D eigenvalue weighted by atomic mass is 10.1. The molecular formula is C11H12N2O2. The first kappa shape index (κ1) is 11.2. The van der Waals surface area contributed by atoms with Gasteiger partial charge in [0.05, 0.1) is 18.1 Å². The number of nitrogens with zero attached hydrogens (tertiary/aromatic N) is 1. The van der Waals surface area contributed by atoms with Crippen LogP contribution in [-0.2, 0) is 11.3 Å². The molecule has 0 aromatic heterocycles. The van der Waals surface area contributed by atoms with Crippen molar-refractivity contribution in [1.82, 2.24) is 5.32 Å². The third kappa shape index (κ3) is 4.25. The van der Waals surface area contributed by atoms with Gasteiger partial charge >= 0.3 is 5.97 Å². The molecule has 0 unspecified atom stereocenters. The highest BCUT2D eigenvalue weighted by atomic mass is 16.4. The Balaban J connectivity index is 2.38. The highest BCUT2D eigenvalue weighted by molar-refractivity contribution is 5.66. The average Bonchev–Trinajstić information content (AvgIpc) is 2.24. The zero-order valence-corrected chi connectivity index (χ0v) is 8.23. The lowest BCUT2D eigenvalue weighted by molar-refractivity contribution is -0.136. The molecule has 4 heteroatoms. The Labute approximate surface area is 88.2 Å². The van der Waals surface area contributed by atoms with E-state index >= 15 is 0 Å². The Morgan fingerprint density at radius 2 is 2.33 bits per heavy atom. The summed E-state index contributed by atoms with van der Waals surface area (Å²) in [5.41, 5.74) is 1.60. The first-order valence-corrected chi connectivity index (χ1v) is 4.64. The van der Waals surface area contributed by atoms with Gasteiger partial charge in [-0.15, -0.1) is 0 Å². The average molecular weight is 204 g/mol. The molecule has 15 heavy (non-hydrogen) atoms. The van der Waals surface area contributed by atoms with Crippen molar-refractivity contribution < 1.29 is 9.90 Å². The van der Waals surface area contributed by atoms with Gasteiger partial charge in [-0.2, -0.15) is 5.26 Å². The fraction of sp³-hybridized carbons (Fsp3) is 0.273. The number of rotatable bonds is 5. The van der Waals surface area contributed by atoms with Gasteiger partial charge in [-0.3, -0.25) is 4.79 Å². The number of carbonyl (C=O) groups is 1. The van der Waals surface area contributed by atoms with E-state index in [2.05, 4.69) is 11.4 Å². The lowest BCUT2D eigenvalue weighted by Gasteiger charge is -2.03. The van der Waals surface area contributed by atoms with Gasteiger partial charge in [0.2, 0.25) is 0 Å². The maximum atomic E-state index is 10.2. The summed E-state index contributed by atoms with van der Waals surface area (Å²) >= 11 is 0. The summed E-state index contributed by atoms with van der Waals surface area (Å²) in [6.07, 6.45) is 0.109. The van der Waals surface area contributed by atoms with Crippen molar-refractivity contribution in [3.63, 3.8) is 0 Å². The van der Waals surface area contributed by atoms with Crippen LogP contribution in [0.4, 0.5) is 0 Å². The molecule has 0 aliphatic carbocycles. The van der Waals surface area contributed by atoms with Crippen LogP contribution in [0, 0.1) is 11.3 Å². The maximum absolute atomic E-state index is 10.2. The van der Waals surface area contributed by atoms with Crippen molar-refractivity contribution in [2.45, 2.75) is 13.0 Å². The molecule has 0 radical (unpaired) electrons. The van der Waals surface area contributed by atoms with Gasteiger partial charge < -0.3 is 10.4 Å². The van der Waals surface area contributed by atoms with Crippen molar-refractivity contribution in [3.05, 3.63) is 35.4 Å². The number of nitrogens with one attached hydrogen (secondary N) is 1. The molecule has 0 fully saturated rings. The largest absolute Gasteiger partial charge is 0.481 e. The minimum atomic E-state index is -0.812. The molecule has 0 aliphatic rings. The van der Waals surface area contributed by atoms with Gasteiger partial charge in [-0.25, -0.2) is 0 Å². The molecule has 0 bridgehead atoms. The maximum Gasteiger partial charge on any atom is 0.304 e. The molecular weight excluding hydrogens is 192 g/mol. The molecule has 1 rings (SSSR count). The van der Waals surface area contributed by atoms with Crippen molar-refractivity contribution in [3.8, 4) is 6.07 Å². The van der Waals surface area contributed by atoms with E-state index in [1.807, 2.05) is 12.1 Å². The number of hydrogen-bond acceptors (Lipinski definition) is 3.